The molecule has 1 fully saturated rings. The molecule has 36 heavy (non-hydrogen) atoms. The molecule has 1 saturated carbocycles. The number of hydrogen-bond acceptors (Lipinski definition) is 3. The van der Waals surface area contributed by atoms with Gasteiger partial charge in [-0.15, -0.1) is 0 Å². The van der Waals surface area contributed by atoms with Gasteiger partial charge in [0.05, 0.1) is 16.8 Å². The fraction of sp³-hybridized carbons (Fsp3) is 0.433. The Balaban J connectivity index is 1.59. The molecule has 1 aliphatic carbocycles. The number of nitrogens with one attached hydrogen (secondary N) is 1. The number of carboxylic acid groups (broad SMARTS) is 1. The monoisotopic (exact) mass is 501 g/mol. The smallest absolute Gasteiger partial charge is 0.335 e. The van der Waals surface area contributed by atoms with Crippen LogP contribution in [0.2, 0.25) is 0 Å². The normalized spacial score (nSPS) is 16.2. The van der Waals surface area contributed by atoms with Gasteiger partial charge in [-0.05, 0) is 54.7 Å². The third-order valence-corrected chi connectivity index (χ3v) is 8.79. The molecular formula is C30H35N3O2S. The highest BCUT2D eigenvalue weighted by atomic mass is 32.2. The van der Waals surface area contributed by atoms with Gasteiger partial charge in [0.25, 0.3) is 0 Å². The average Bonchev–Trinajstić information content (AvgIpc) is 3.41. The largest absolute Gasteiger partial charge is 0.478 e. The summed E-state index contributed by atoms with van der Waals surface area (Å²) in [4.78, 5) is 11.9. The van der Waals surface area contributed by atoms with Crippen LogP contribution < -0.4 is 5.32 Å². The summed E-state index contributed by atoms with van der Waals surface area (Å²) >= 11 is 1.87. The maximum Gasteiger partial charge on any atom is 0.335 e. The van der Waals surface area contributed by atoms with E-state index in [-0.39, 0.29) is 0 Å². The first-order chi connectivity index (χ1) is 17.7. The summed E-state index contributed by atoms with van der Waals surface area (Å²) in [7, 11) is 0. The molecule has 0 unspecified atom stereocenters. The Morgan fingerprint density at radius 3 is 2.75 bits per heavy atom. The zero-order valence-electron chi connectivity index (χ0n) is 21.1. The number of carbonyl (C=O) groups is 1. The number of carboxylic acids is 1. The maximum atomic E-state index is 11.9. The Morgan fingerprint density at radius 2 is 1.94 bits per heavy atom. The van der Waals surface area contributed by atoms with Crippen LogP contribution in [0.5, 0.6) is 0 Å². The second-order valence-electron chi connectivity index (χ2n) is 10.4. The predicted molar refractivity (Wildman–Crippen MR) is 150 cm³/mol. The van der Waals surface area contributed by atoms with Crippen molar-refractivity contribution in [2.45, 2.75) is 64.1 Å². The number of hydrogen-bond donors (Lipinski definition) is 2. The molecule has 0 radical (unpaired) electrons. The van der Waals surface area contributed by atoms with Gasteiger partial charge in [-0.25, -0.2) is 4.79 Å². The summed E-state index contributed by atoms with van der Waals surface area (Å²) < 4.78 is 4.93. The fourth-order valence-corrected chi connectivity index (χ4v) is 6.92. The molecular weight excluding hydrogens is 466 g/mol. The first-order valence-corrected chi connectivity index (χ1v) is 14.8. The van der Waals surface area contributed by atoms with Crippen molar-refractivity contribution in [3.05, 3.63) is 59.3 Å². The van der Waals surface area contributed by atoms with E-state index in [9.17, 15) is 9.90 Å². The highest BCUT2D eigenvalue weighted by Crippen LogP contribution is 2.46. The van der Waals surface area contributed by atoms with Crippen molar-refractivity contribution in [2.75, 3.05) is 18.6 Å². The lowest BCUT2D eigenvalue weighted by molar-refractivity contribution is 0.0697. The molecule has 0 atom stereocenters. The number of fused-ring (bicyclic) bond motifs is 4. The van der Waals surface area contributed by atoms with Crippen LogP contribution in [0.1, 0.15) is 65.9 Å². The highest BCUT2D eigenvalue weighted by molar-refractivity contribution is 7.98. The van der Waals surface area contributed by atoms with Crippen molar-refractivity contribution in [2.24, 2.45) is 0 Å². The summed E-state index contributed by atoms with van der Waals surface area (Å²) in [5.74, 6) is 0.790. The summed E-state index contributed by atoms with van der Waals surface area (Å²) in [6.45, 7) is 3.76. The predicted octanol–water partition coefficient (Wildman–Crippen LogP) is 6.87. The maximum absolute atomic E-state index is 11.9. The minimum absolute atomic E-state index is 0.375. The van der Waals surface area contributed by atoms with E-state index in [1.165, 1.54) is 70.8 Å². The van der Waals surface area contributed by atoms with Gasteiger partial charge in [0.1, 0.15) is 0 Å². The summed E-state index contributed by atoms with van der Waals surface area (Å²) in [5, 5.41) is 16.0. The molecule has 2 aliphatic rings. The Kier molecular flexibility index (Phi) is 6.57. The van der Waals surface area contributed by atoms with Gasteiger partial charge in [0.15, 0.2) is 0 Å². The molecule has 0 amide bonds. The van der Waals surface area contributed by atoms with E-state index in [4.69, 9.17) is 0 Å². The third-order valence-electron chi connectivity index (χ3n) is 8.18. The lowest BCUT2D eigenvalue weighted by Crippen LogP contribution is -2.16. The topological polar surface area (TPSA) is 59.2 Å². The van der Waals surface area contributed by atoms with Gasteiger partial charge < -0.3 is 19.6 Å². The number of aromatic nitrogens is 2. The Morgan fingerprint density at radius 1 is 1.08 bits per heavy atom. The molecule has 6 rings (SSSR count). The van der Waals surface area contributed by atoms with Crippen molar-refractivity contribution in [1.29, 1.82) is 0 Å². The molecule has 1 aliphatic heterocycles. The van der Waals surface area contributed by atoms with Crippen LogP contribution in [0.15, 0.2) is 42.6 Å². The first-order valence-electron chi connectivity index (χ1n) is 13.4. The number of para-hydroxylation sites is 1. The van der Waals surface area contributed by atoms with Crippen molar-refractivity contribution >= 4 is 39.5 Å². The standard InChI is InChI=1S/C30H35N3O2S/c1-36-16-13-31-18-22-19-32-14-6-15-33-26-17-21(30(34)35)11-12-24(26)27(20-7-3-2-4-8-20)29(33)25-10-5-9-23(22)28(25)32/h5,9-12,17,19-20,31H,2-4,6-8,13-16,18H2,1H3,(H,34,35). The van der Waals surface area contributed by atoms with Crippen molar-refractivity contribution in [1.82, 2.24) is 14.5 Å². The third kappa shape index (κ3) is 4.04. The zero-order valence-corrected chi connectivity index (χ0v) is 21.9. The van der Waals surface area contributed by atoms with Gasteiger partial charge in [-0.3, -0.25) is 0 Å². The van der Waals surface area contributed by atoms with E-state index in [2.05, 4.69) is 51.2 Å². The lowest BCUT2D eigenvalue weighted by atomic mass is 9.81. The highest BCUT2D eigenvalue weighted by Gasteiger charge is 2.29. The summed E-state index contributed by atoms with van der Waals surface area (Å²) in [6.07, 6.45) is 11.8. The van der Waals surface area contributed by atoms with Gasteiger partial charge in [0.2, 0.25) is 0 Å². The van der Waals surface area contributed by atoms with Crippen LogP contribution in [0.3, 0.4) is 0 Å². The molecule has 188 valence electrons. The van der Waals surface area contributed by atoms with Gasteiger partial charge in [-0.1, -0.05) is 43.5 Å². The fourth-order valence-electron chi connectivity index (χ4n) is 6.58. The van der Waals surface area contributed by atoms with E-state index in [1.807, 2.05) is 17.8 Å². The van der Waals surface area contributed by atoms with E-state index >= 15 is 0 Å². The van der Waals surface area contributed by atoms with Gasteiger partial charge in [0, 0.05) is 60.0 Å². The average molecular weight is 502 g/mol. The van der Waals surface area contributed by atoms with E-state index in [1.54, 1.807) is 6.07 Å². The second kappa shape index (κ2) is 9.98. The second-order valence-corrected chi connectivity index (χ2v) is 11.3. The van der Waals surface area contributed by atoms with Gasteiger partial charge >= 0.3 is 5.97 Å². The van der Waals surface area contributed by atoms with Crippen LogP contribution in [0.4, 0.5) is 0 Å². The molecule has 4 aromatic rings. The Labute approximate surface area is 216 Å². The van der Waals surface area contributed by atoms with Crippen LogP contribution in [-0.2, 0) is 19.6 Å². The molecule has 0 spiro atoms. The van der Waals surface area contributed by atoms with Crippen LogP contribution in [0.25, 0.3) is 33.1 Å². The molecule has 2 N–H and O–H groups in total. The quantitative estimate of drug-likeness (QED) is 0.272. The number of nitrogens with zero attached hydrogens (tertiary/aromatic N) is 2. The Bertz CT molecular complexity index is 1430. The number of aromatic carboxylic acids is 1. The van der Waals surface area contributed by atoms with Crippen LogP contribution in [0, 0.1) is 0 Å². The number of benzene rings is 2. The van der Waals surface area contributed by atoms with Crippen molar-refractivity contribution in [3.63, 3.8) is 0 Å². The summed E-state index contributed by atoms with van der Waals surface area (Å²) in [5.41, 5.74) is 8.23. The molecule has 5 nitrogen and oxygen atoms in total. The number of rotatable bonds is 7. The van der Waals surface area contributed by atoms with E-state index < -0.39 is 5.97 Å². The van der Waals surface area contributed by atoms with Crippen molar-refractivity contribution in [3.8, 4) is 11.3 Å². The molecule has 0 saturated heterocycles. The molecule has 0 bridgehead atoms. The summed E-state index contributed by atoms with van der Waals surface area (Å²) in [6, 6.07) is 12.6. The number of aryl methyl sites for hydroxylation is 2. The van der Waals surface area contributed by atoms with Crippen LogP contribution in [-0.4, -0.2) is 38.8 Å². The molecule has 6 heteroatoms. The van der Waals surface area contributed by atoms with Crippen LogP contribution >= 0.6 is 11.8 Å². The minimum atomic E-state index is -0.855. The molecule has 3 heterocycles. The first kappa shape index (κ1) is 23.7. The Hall–Kier alpha value is -2.70. The SMILES string of the molecule is CSCCNCc1cn2c3c(cccc13)-c1c(C3CCCCC3)c3ccc(C(=O)O)cc3n1CCC2. The molecule has 2 aromatic heterocycles. The van der Waals surface area contributed by atoms with E-state index in [0.717, 1.165) is 43.9 Å². The number of thioether (sulfide) groups is 1. The zero-order chi connectivity index (χ0) is 24.6. The lowest BCUT2D eigenvalue weighted by Gasteiger charge is -2.25. The minimum Gasteiger partial charge on any atom is -0.478 e. The van der Waals surface area contributed by atoms with Crippen molar-refractivity contribution < 1.29 is 9.90 Å². The molecule has 2 aromatic carbocycles. The van der Waals surface area contributed by atoms with E-state index in [0.29, 0.717) is 11.5 Å². The van der Waals surface area contributed by atoms with Gasteiger partial charge in [-0.2, -0.15) is 11.8 Å².